The van der Waals surface area contributed by atoms with E-state index in [-0.39, 0.29) is 5.92 Å². The number of hydrogen-bond donors (Lipinski definition) is 2. The topological polar surface area (TPSA) is 74.6 Å². The first-order valence-corrected chi connectivity index (χ1v) is 5.74. The van der Waals surface area contributed by atoms with Crippen LogP contribution in [0.3, 0.4) is 0 Å². The van der Waals surface area contributed by atoms with Crippen LogP contribution in [0.1, 0.15) is 26.7 Å². The summed E-state index contributed by atoms with van der Waals surface area (Å²) in [6, 6.07) is 0. The fraction of sp³-hybridized carbons (Fsp3) is 0.538. The summed E-state index contributed by atoms with van der Waals surface area (Å²) in [5.74, 6) is -3.30. The summed E-state index contributed by atoms with van der Waals surface area (Å²) in [5.41, 5.74) is -1.33. The zero-order chi connectivity index (χ0) is 13.1. The van der Waals surface area contributed by atoms with E-state index in [1.807, 2.05) is 19.1 Å². The summed E-state index contributed by atoms with van der Waals surface area (Å²) in [6.07, 6.45) is 8.38. The van der Waals surface area contributed by atoms with Crippen LogP contribution in [0, 0.1) is 17.3 Å². The Kier molecular flexibility index (Phi) is 4.10. The van der Waals surface area contributed by atoms with Gasteiger partial charge >= 0.3 is 11.9 Å². The van der Waals surface area contributed by atoms with Crippen molar-refractivity contribution in [1.29, 1.82) is 0 Å². The van der Waals surface area contributed by atoms with Gasteiger partial charge in [0.25, 0.3) is 0 Å². The lowest BCUT2D eigenvalue weighted by Crippen LogP contribution is -2.44. The average Bonchev–Trinajstić information content (AvgIpc) is 2.25. The predicted octanol–water partition coefficient (Wildman–Crippen LogP) is 2.32. The Balaban J connectivity index is 3.12. The molecule has 0 amide bonds. The molecule has 0 fully saturated rings. The second kappa shape index (κ2) is 5.17. The van der Waals surface area contributed by atoms with Gasteiger partial charge in [0.1, 0.15) is 0 Å². The van der Waals surface area contributed by atoms with E-state index in [0.717, 1.165) is 6.42 Å². The van der Waals surface area contributed by atoms with Crippen molar-refractivity contribution in [3.63, 3.8) is 0 Å². The molecule has 0 saturated carbocycles. The molecule has 0 aliphatic heterocycles. The minimum absolute atomic E-state index is 0.251. The highest BCUT2D eigenvalue weighted by Crippen LogP contribution is 2.41. The second-order valence-corrected chi connectivity index (χ2v) is 4.54. The van der Waals surface area contributed by atoms with Crippen molar-refractivity contribution in [3.8, 4) is 0 Å². The molecule has 4 nitrogen and oxygen atoms in total. The molecule has 0 aromatic heterocycles. The van der Waals surface area contributed by atoms with Gasteiger partial charge in [-0.3, -0.25) is 9.59 Å². The number of hydrogen-bond acceptors (Lipinski definition) is 2. The Morgan fingerprint density at radius 1 is 1.47 bits per heavy atom. The Labute approximate surface area is 101 Å². The molecular formula is C13H18O4. The van der Waals surface area contributed by atoms with Crippen molar-refractivity contribution < 1.29 is 19.8 Å². The van der Waals surface area contributed by atoms with Crippen LogP contribution >= 0.6 is 0 Å². The molecule has 0 saturated heterocycles. The molecule has 1 aliphatic carbocycles. The number of rotatable bonds is 4. The zero-order valence-corrected chi connectivity index (χ0v) is 10.1. The van der Waals surface area contributed by atoms with Crippen molar-refractivity contribution in [3.05, 3.63) is 24.3 Å². The normalized spacial score (nSPS) is 32.8. The van der Waals surface area contributed by atoms with Crippen molar-refractivity contribution >= 4 is 11.9 Å². The number of aliphatic carboxylic acids is 2. The van der Waals surface area contributed by atoms with E-state index in [4.69, 9.17) is 0 Å². The first-order chi connectivity index (χ1) is 7.93. The minimum Gasteiger partial charge on any atom is -0.481 e. The molecule has 1 rings (SSSR count). The van der Waals surface area contributed by atoms with E-state index in [2.05, 4.69) is 0 Å². The Bertz CT molecular complexity index is 370. The smallest absolute Gasteiger partial charge is 0.314 e. The van der Waals surface area contributed by atoms with Crippen LogP contribution in [0.2, 0.25) is 0 Å². The molecular weight excluding hydrogens is 220 g/mol. The standard InChI is InChI=1S/C13H18O4/c1-3-4-6-9-7-5-8-13(2,12(16)17)10(9)11(14)15/h4-6,8-10H,3,7H2,1-2H3,(H,14,15)(H,16,17). The third-order valence-corrected chi connectivity index (χ3v) is 3.29. The lowest BCUT2D eigenvalue weighted by atomic mass is 9.66. The molecule has 4 heteroatoms. The van der Waals surface area contributed by atoms with Crippen LogP contribution in [-0.4, -0.2) is 22.2 Å². The Morgan fingerprint density at radius 2 is 2.12 bits per heavy atom. The van der Waals surface area contributed by atoms with Crippen LogP contribution in [0.15, 0.2) is 24.3 Å². The maximum atomic E-state index is 11.3. The van der Waals surface area contributed by atoms with E-state index >= 15 is 0 Å². The molecule has 0 heterocycles. The molecule has 3 unspecified atom stereocenters. The van der Waals surface area contributed by atoms with Crippen molar-refractivity contribution in [1.82, 2.24) is 0 Å². The third kappa shape index (κ3) is 2.57. The summed E-state index contributed by atoms with van der Waals surface area (Å²) in [4.78, 5) is 22.6. The molecule has 0 bridgehead atoms. The van der Waals surface area contributed by atoms with E-state index in [1.54, 1.807) is 6.08 Å². The fourth-order valence-electron chi connectivity index (χ4n) is 2.30. The third-order valence-electron chi connectivity index (χ3n) is 3.29. The van der Waals surface area contributed by atoms with Gasteiger partial charge in [-0.25, -0.2) is 0 Å². The Hall–Kier alpha value is -1.58. The lowest BCUT2D eigenvalue weighted by molar-refractivity contribution is -0.160. The molecule has 0 spiro atoms. The number of allylic oxidation sites excluding steroid dienone is 3. The average molecular weight is 238 g/mol. The quantitative estimate of drug-likeness (QED) is 0.737. The number of carboxylic acids is 2. The number of carboxylic acid groups (broad SMARTS) is 2. The highest BCUT2D eigenvalue weighted by Gasteiger charge is 2.48. The first kappa shape index (κ1) is 13.5. The van der Waals surface area contributed by atoms with E-state index in [0.29, 0.717) is 6.42 Å². The monoisotopic (exact) mass is 238 g/mol. The van der Waals surface area contributed by atoms with Gasteiger partial charge in [-0.05, 0) is 25.7 Å². The van der Waals surface area contributed by atoms with E-state index < -0.39 is 23.3 Å². The van der Waals surface area contributed by atoms with Gasteiger partial charge in [0.05, 0.1) is 11.3 Å². The van der Waals surface area contributed by atoms with Crippen molar-refractivity contribution in [2.75, 3.05) is 0 Å². The molecule has 0 aromatic carbocycles. The SMILES string of the molecule is CCC=CC1CC=CC(C)(C(=O)O)C1C(=O)O. The van der Waals surface area contributed by atoms with Crippen LogP contribution in [0.4, 0.5) is 0 Å². The lowest BCUT2D eigenvalue weighted by Gasteiger charge is -2.35. The Morgan fingerprint density at radius 3 is 2.59 bits per heavy atom. The first-order valence-electron chi connectivity index (χ1n) is 5.74. The minimum atomic E-state index is -1.33. The van der Waals surface area contributed by atoms with Crippen LogP contribution in [0.25, 0.3) is 0 Å². The second-order valence-electron chi connectivity index (χ2n) is 4.54. The molecule has 3 atom stereocenters. The van der Waals surface area contributed by atoms with E-state index in [1.165, 1.54) is 13.0 Å². The summed E-state index contributed by atoms with van der Waals surface area (Å²) in [6.45, 7) is 3.43. The molecule has 0 aromatic rings. The van der Waals surface area contributed by atoms with Gasteiger partial charge in [0.15, 0.2) is 0 Å². The summed E-state index contributed by atoms with van der Waals surface area (Å²) in [7, 11) is 0. The van der Waals surface area contributed by atoms with Crippen molar-refractivity contribution in [2.24, 2.45) is 17.3 Å². The molecule has 2 N–H and O–H groups in total. The molecule has 17 heavy (non-hydrogen) atoms. The highest BCUT2D eigenvalue weighted by molar-refractivity contribution is 5.85. The van der Waals surface area contributed by atoms with E-state index in [9.17, 15) is 19.8 Å². The zero-order valence-electron chi connectivity index (χ0n) is 10.1. The summed E-state index contributed by atoms with van der Waals surface area (Å²) < 4.78 is 0. The van der Waals surface area contributed by atoms with Gasteiger partial charge < -0.3 is 10.2 Å². The molecule has 0 radical (unpaired) electrons. The van der Waals surface area contributed by atoms with Gasteiger partial charge in [-0.15, -0.1) is 0 Å². The van der Waals surface area contributed by atoms with Gasteiger partial charge in [-0.1, -0.05) is 31.2 Å². The fourth-order valence-corrected chi connectivity index (χ4v) is 2.30. The predicted molar refractivity (Wildman–Crippen MR) is 63.5 cm³/mol. The molecule has 94 valence electrons. The maximum absolute atomic E-state index is 11.3. The van der Waals surface area contributed by atoms with Crippen LogP contribution < -0.4 is 0 Å². The summed E-state index contributed by atoms with van der Waals surface area (Å²) in [5, 5.41) is 18.5. The highest BCUT2D eigenvalue weighted by atomic mass is 16.4. The number of carbonyl (C=O) groups is 2. The van der Waals surface area contributed by atoms with Gasteiger partial charge in [-0.2, -0.15) is 0 Å². The van der Waals surface area contributed by atoms with Crippen LogP contribution in [-0.2, 0) is 9.59 Å². The maximum Gasteiger partial charge on any atom is 0.314 e. The van der Waals surface area contributed by atoms with Gasteiger partial charge in [0.2, 0.25) is 0 Å². The largest absolute Gasteiger partial charge is 0.481 e. The van der Waals surface area contributed by atoms with Gasteiger partial charge in [0, 0.05) is 0 Å². The molecule has 1 aliphatic rings. The summed E-state index contributed by atoms with van der Waals surface area (Å²) >= 11 is 0. The van der Waals surface area contributed by atoms with Crippen LogP contribution in [0.5, 0.6) is 0 Å². The van der Waals surface area contributed by atoms with Crippen molar-refractivity contribution in [2.45, 2.75) is 26.7 Å².